The fourth-order valence-electron chi connectivity index (χ4n) is 1.55. The first-order valence-electron chi connectivity index (χ1n) is 5.57. The van der Waals surface area contributed by atoms with Crippen molar-refractivity contribution in [3.05, 3.63) is 22.4 Å². The van der Waals surface area contributed by atoms with Crippen LogP contribution in [0.15, 0.2) is 17.5 Å². The maximum absolute atomic E-state index is 11.9. The zero-order valence-corrected chi connectivity index (χ0v) is 11.2. The second-order valence-electron chi connectivity index (χ2n) is 4.09. The highest BCUT2D eigenvalue weighted by atomic mass is 32.1. The van der Waals surface area contributed by atoms with Gasteiger partial charge in [0.1, 0.15) is 0 Å². The van der Waals surface area contributed by atoms with Crippen LogP contribution in [0, 0.1) is 5.92 Å². The Balaban J connectivity index is 1.94. The summed E-state index contributed by atoms with van der Waals surface area (Å²) in [5.41, 5.74) is 0. The number of aliphatic hydroxyl groups is 1. The molecule has 2 aromatic rings. The third-order valence-electron chi connectivity index (χ3n) is 2.60. The summed E-state index contributed by atoms with van der Waals surface area (Å²) >= 11 is 3.18. The Morgan fingerprint density at radius 1 is 1.53 bits per heavy atom. The van der Waals surface area contributed by atoms with E-state index in [-0.39, 0.29) is 12.5 Å². The van der Waals surface area contributed by atoms with E-state index in [1.807, 2.05) is 24.4 Å². The van der Waals surface area contributed by atoms with Crippen molar-refractivity contribution in [3.8, 4) is 0 Å². The number of thiophene rings is 2. The molecule has 2 aromatic heterocycles. The van der Waals surface area contributed by atoms with Crippen LogP contribution in [0.5, 0.6) is 0 Å². The van der Waals surface area contributed by atoms with Gasteiger partial charge in [-0.2, -0.15) is 0 Å². The minimum absolute atomic E-state index is 0.0109. The van der Waals surface area contributed by atoms with Crippen LogP contribution in [-0.2, 0) is 0 Å². The van der Waals surface area contributed by atoms with E-state index >= 15 is 0 Å². The van der Waals surface area contributed by atoms with Crippen molar-refractivity contribution in [3.63, 3.8) is 0 Å². The minimum Gasteiger partial charge on any atom is -0.396 e. The monoisotopic (exact) mass is 269 g/mol. The van der Waals surface area contributed by atoms with Gasteiger partial charge in [0, 0.05) is 22.6 Å². The van der Waals surface area contributed by atoms with Crippen LogP contribution in [0.2, 0.25) is 0 Å². The number of nitrogens with one attached hydrogen (secondary N) is 1. The molecule has 2 heterocycles. The molecule has 2 rings (SSSR count). The molecule has 5 heteroatoms. The molecule has 1 amide bonds. The Bertz CT molecular complexity index is 475. The van der Waals surface area contributed by atoms with Crippen molar-refractivity contribution in [2.24, 2.45) is 5.92 Å². The Labute approximate surface area is 108 Å². The van der Waals surface area contributed by atoms with Gasteiger partial charge in [0.15, 0.2) is 0 Å². The highest BCUT2D eigenvalue weighted by Gasteiger charge is 2.11. The number of amides is 1. The smallest absolute Gasteiger partial charge is 0.261 e. The van der Waals surface area contributed by atoms with Gasteiger partial charge < -0.3 is 10.4 Å². The molecule has 1 unspecified atom stereocenters. The summed E-state index contributed by atoms with van der Waals surface area (Å²) in [7, 11) is 0. The maximum Gasteiger partial charge on any atom is 0.261 e. The first-order chi connectivity index (χ1) is 8.20. The highest BCUT2D eigenvalue weighted by molar-refractivity contribution is 7.27. The van der Waals surface area contributed by atoms with Gasteiger partial charge in [-0.05, 0) is 29.9 Å². The van der Waals surface area contributed by atoms with E-state index in [0.717, 1.165) is 11.3 Å². The summed E-state index contributed by atoms with van der Waals surface area (Å²) in [6.45, 7) is 2.81. The first-order valence-corrected chi connectivity index (χ1v) is 7.26. The summed E-state index contributed by atoms with van der Waals surface area (Å²) in [4.78, 5) is 12.6. The number of fused-ring (bicyclic) bond motifs is 1. The standard InChI is InChI=1S/C12H15NO2S2/c1-8(2-4-14)7-13-12(15)11-6-10-9(17-11)3-5-16-10/h3,5-6,8,14H,2,4,7H2,1H3,(H,13,15). The predicted octanol–water partition coefficient (Wildman–Crippen LogP) is 2.71. The lowest BCUT2D eigenvalue weighted by Crippen LogP contribution is -2.27. The van der Waals surface area contributed by atoms with Gasteiger partial charge in [0.05, 0.1) is 4.88 Å². The average Bonchev–Trinajstić information content (AvgIpc) is 2.86. The topological polar surface area (TPSA) is 49.3 Å². The van der Waals surface area contributed by atoms with Crippen molar-refractivity contribution in [2.75, 3.05) is 13.2 Å². The molecular weight excluding hydrogens is 254 g/mol. The van der Waals surface area contributed by atoms with Gasteiger partial charge in [-0.15, -0.1) is 22.7 Å². The lowest BCUT2D eigenvalue weighted by molar-refractivity contribution is 0.0949. The molecule has 0 saturated heterocycles. The molecule has 0 saturated carbocycles. The first kappa shape index (κ1) is 12.5. The summed E-state index contributed by atoms with van der Waals surface area (Å²) in [6.07, 6.45) is 0.722. The van der Waals surface area contributed by atoms with Gasteiger partial charge >= 0.3 is 0 Å². The number of aliphatic hydroxyl groups excluding tert-OH is 1. The molecule has 0 aliphatic heterocycles. The van der Waals surface area contributed by atoms with Gasteiger partial charge in [-0.1, -0.05) is 6.92 Å². The van der Waals surface area contributed by atoms with E-state index in [1.165, 1.54) is 20.7 Å². The van der Waals surface area contributed by atoms with Gasteiger partial charge in [-0.3, -0.25) is 4.79 Å². The summed E-state index contributed by atoms with van der Waals surface area (Å²) in [5, 5.41) is 13.7. The van der Waals surface area contributed by atoms with Crippen LogP contribution in [-0.4, -0.2) is 24.2 Å². The van der Waals surface area contributed by atoms with Gasteiger partial charge in [0.2, 0.25) is 0 Å². The quantitative estimate of drug-likeness (QED) is 0.877. The van der Waals surface area contributed by atoms with E-state index in [0.29, 0.717) is 12.5 Å². The second kappa shape index (κ2) is 5.62. The molecule has 17 heavy (non-hydrogen) atoms. The Morgan fingerprint density at radius 3 is 3.06 bits per heavy atom. The van der Waals surface area contributed by atoms with Crippen molar-refractivity contribution >= 4 is 38.0 Å². The van der Waals surface area contributed by atoms with Crippen molar-refractivity contribution in [1.29, 1.82) is 0 Å². The molecule has 0 aliphatic rings. The normalized spacial score (nSPS) is 12.8. The van der Waals surface area contributed by atoms with Crippen LogP contribution in [0.25, 0.3) is 9.40 Å². The minimum atomic E-state index is -0.0109. The molecule has 1 atom stereocenters. The lowest BCUT2D eigenvalue weighted by Gasteiger charge is -2.09. The third-order valence-corrected chi connectivity index (χ3v) is 4.69. The summed E-state index contributed by atoms with van der Waals surface area (Å²) in [5.74, 6) is 0.299. The predicted molar refractivity (Wildman–Crippen MR) is 72.9 cm³/mol. The molecule has 0 radical (unpaired) electrons. The van der Waals surface area contributed by atoms with Crippen LogP contribution < -0.4 is 5.32 Å². The molecule has 0 fully saturated rings. The molecule has 0 bridgehead atoms. The second-order valence-corrected chi connectivity index (χ2v) is 6.12. The maximum atomic E-state index is 11.9. The van der Waals surface area contributed by atoms with Gasteiger partial charge in [0.25, 0.3) is 5.91 Å². The Kier molecular flexibility index (Phi) is 4.15. The molecule has 0 spiro atoms. The van der Waals surface area contributed by atoms with Gasteiger partial charge in [-0.25, -0.2) is 0 Å². The fourth-order valence-corrected chi connectivity index (χ4v) is 3.58. The summed E-state index contributed by atoms with van der Waals surface area (Å²) < 4.78 is 2.34. The SMILES string of the molecule is CC(CCO)CNC(=O)c1cc2sccc2s1. The lowest BCUT2D eigenvalue weighted by atomic mass is 10.1. The fraction of sp³-hybridized carbons (Fsp3) is 0.417. The third kappa shape index (κ3) is 3.06. The number of carbonyl (C=O) groups is 1. The zero-order chi connectivity index (χ0) is 12.3. The van der Waals surface area contributed by atoms with Crippen LogP contribution >= 0.6 is 22.7 Å². The van der Waals surface area contributed by atoms with Crippen LogP contribution in [0.3, 0.4) is 0 Å². The van der Waals surface area contributed by atoms with E-state index in [4.69, 9.17) is 5.11 Å². The highest BCUT2D eigenvalue weighted by Crippen LogP contribution is 2.29. The number of hydrogen-bond donors (Lipinski definition) is 2. The van der Waals surface area contributed by atoms with Crippen molar-refractivity contribution in [2.45, 2.75) is 13.3 Å². The zero-order valence-electron chi connectivity index (χ0n) is 9.60. The van der Waals surface area contributed by atoms with E-state index < -0.39 is 0 Å². The van der Waals surface area contributed by atoms with E-state index in [1.54, 1.807) is 11.3 Å². The number of rotatable bonds is 5. The molecule has 0 aromatic carbocycles. The molecule has 92 valence electrons. The van der Waals surface area contributed by atoms with Crippen molar-refractivity contribution < 1.29 is 9.90 Å². The average molecular weight is 269 g/mol. The Hall–Kier alpha value is -0.910. The molecule has 0 aliphatic carbocycles. The largest absolute Gasteiger partial charge is 0.396 e. The van der Waals surface area contributed by atoms with E-state index in [9.17, 15) is 4.79 Å². The summed E-state index contributed by atoms with van der Waals surface area (Å²) in [6, 6.07) is 3.98. The van der Waals surface area contributed by atoms with Crippen LogP contribution in [0.4, 0.5) is 0 Å². The molecular formula is C12H15NO2S2. The molecule has 3 nitrogen and oxygen atoms in total. The molecule has 2 N–H and O–H groups in total. The number of hydrogen-bond acceptors (Lipinski definition) is 4. The Morgan fingerprint density at radius 2 is 2.35 bits per heavy atom. The number of carbonyl (C=O) groups excluding carboxylic acids is 1. The van der Waals surface area contributed by atoms with Crippen molar-refractivity contribution in [1.82, 2.24) is 5.32 Å². The van der Waals surface area contributed by atoms with Crippen LogP contribution in [0.1, 0.15) is 23.0 Å². The van der Waals surface area contributed by atoms with E-state index in [2.05, 4.69) is 5.32 Å².